The van der Waals surface area contributed by atoms with Crippen LogP contribution >= 0.6 is 0 Å². The van der Waals surface area contributed by atoms with E-state index in [4.69, 9.17) is 0 Å². The van der Waals surface area contributed by atoms with Gasteiger partial charge in [-0.3, -0.25) is 5.21 Å². The van der Waals surface area contributed by atoms with Crippen LogP contribution in [0.25, 0.3) is 5.76 Å². The zero-order valence-electron chi connectivity index (χ0n) is 11.5. The van der Waals surface area contributed by atoms with Crippen molar-refractivity contribution in [3.8, 4) is 0 Å². The fraction of sp³-hybridized carbons (Fsp3) is 0.500. The van der Waals surface area contributed by atoms with Gasteiger partial charge in [-0.1, -0.05) is 63.3 Å². The molecule has 0 aliphatic carbocycles. The highest BCUT2D eigenvalue weighted by atomic mass is 16.5. The van der Waals surface area contributed by atoms with E-state index >= 15 is 0 Å². The molecule has 1 aliphatic rings. The molecule has 0 fully saturated rings. The van der Waals surface area contributed by atoms with E-state index in [2.05, 4.69) is 6.92 Å². The fourth-order valence-electron chi connectivity index (χ4n) is 2.56. The average Bonchev–Trinajstić information content (AvgIpc) is 2.44. The number of para-hydroxylation sites is 1. The number of hydrogen-bond donors (Lipinski definition) is 1. The Labute approximate surface area is 115 Å². The Balaban J connectivity index is 1.95. The van der Waals surface area contributed by atoms with Gasteiger partial charge in [-0.2, -0.15) is 0 Å². The van der Waals surface area contributed by atoms with Crippen molar-refractivity contribution in [2.45, 2.75) is 51.5 Å². The van der Waals surface area contributed by atoms with Crippen molar-refractivity contribution in [2.75, 3.05) is 5.06 Å². The van der Waals surface area contributed by atoms with Crippen LogP contribution in [0.2, 0.25) is 0 Å². The molecule has 0 saturated carbocycles. The highest BCUT2D eigenvalue weighted by molar-refractivity contribution is 5.75. The van der Waals surface area contributed by atoms with Crippen LogP contribution in [0.4, 0.5) is 5.69 Å². The fourth-order valence-corrected chi connectivity index (χ4v) is 2.56. The summed E-state index contributed by atoms with van der Waals surface area (Å²) in [6.45, 7) is 2.19. The molecule has 2 rings (SSSR count). The summed E-state index contributed by atoms with van der Waals surface area (Å²) in [4.78, 5) is 0. The van der Waals surface area contributed by atoms with Gasteiger partial charge in [0.2, 0.25) is 0 Å². The summed E-state index contributed by atoms with van der Waals surface area (Å²) >= 11 is 0. The van der Waals surface area contributed by atoms with Crippen LogP contribution < -0.4 is 10.2 Å². The number of nitrogens with zero attached hydrogens (tertiary/aromatic N) is 1. The molecule has 1 unspecified atom stereocenters. The Morgan fingerprint density at radius 2 is 1.89 bits per heavy atom. The molecule has 0 saturated heterocycles. The largest absolute Gasteiger partial charge is 0.872 e. The first-order valence-corrected chi connectivity index (χ1v) is 7.20. The molecule has 1 atom stereocenters. The van der Waals surface area contributed by atoms with Crippen molar-refractivity contribution in [2.24, 2.45) is 0 Å². The maximum Gasteiger partial charge on any atom is 0.0741 e. The van der Waals surface area contributed by atoms with Crippen molar-refractivity contribution >= 4 is 11.4 Å². The minimum atomic E-state index is -0.177. The molecular weight excluding hydrogens is 238 g/mol. The van der Waals surface area contributed by atoms with Gasteiger partial charge in [-0.05, 0) is 18.1 Å². The Kier molecular flexibility index (Phi) is 4.86. The zero-order chi connectivity index (χ0) is 13.7. The molecule has 1 N–H and O–H groups in total. The highest BCUT2D eigenvalue weighted by Crippen LogP contribution is 2.31. The van der Waals surface area contributed by atoms with Crippen molar-refractivity contribution in [1.29, 1.82) is 0 Å². The molecule has 1 aromatic carbocycles. The standard InChI is InChI=1S/C16H23NO2/c1-2-3-4-5-6-9-13-12-16(18)14-10-7-8-11-15(14)17(13)19/h7-8,10-13,18-19H,2-6,9H2,1H3/p-1. The molecular formula is C16H22NO2-. The molecule has 1 aromatic rings. The van der Waals surface area contributed by atoms with E-state index in [-0.39, 0.29) is 11.8 Å². The predicted molar refractivity (Wildman–Crippen MR) is 75.8 cm³/mol. The quantitative estimate of drug-likeness (QED) is 0.798. The third-order valence-corrected chi connectivity index (χ3v) is 3.68. The normalized spacial score (nSPS) is 18.1. The smallest absolute Gasteiger partial charge is 0.0741 e. The molecule has 0 spiro atoms. The van der Waals surface area contributed by atoms with Crippen LogP contribution in [-0.2, 0) is 0 Å². The average molecular weight is 260 g/mol. The number of anilines is 1. The van der Waals surface area contributed by atoms with E-state index in [0.29, 0.717) is 11.3 Å². The molecule has 3 nitrogen and oxygen atoms in total. The Morgan fingerprint density at radius 1 is 1.16 bits per heavy atom. The molecule has 1 aliphatic heterocycles. The predicted octanol–water partition coefficient (Wildman–Crippen LogP) is 3.33. The minimum absolute atomic E-state index is 0.0273. The second-order valence-corrected chi connectivity index (χ2v) is 5.16. The van der Waals surface area contributed by atoms with Gasteiger partial charge in [-0.25, -0.2) is 5.06 Å². The number of unbranched alkanes of at least 4 members (excludes halogenated alkanes) is 4. The van der Waals surface area contributed by atoms with Gasteiger partial charge in [0.1, 0.15) is 0 Å². The number of rotatable bonds is 6. The van der Waals surface area contributed by atoms with Gasteiger partial charge in [0, 0.05) is 0 Å². The lowest BCUT2D eigenvalue weighted by molar-refractivity contribution is -0.244. The minimum Gasteiger partial charge on any atom is -0.872 e. The SMILES string of the molecule is CCCCCCCC1C=C([O-])c2ccccc2N1O. The van der Waals surface area contributed by atoms with Gasteiger partial charge in [0.25, 0.3) is 0 Å². The lowest BCUT2D eigenvalue weighted by Crippen LogP contribution is -2.35. The van der Waals surface area contributed by atoms with Crippen LogP contribution in [0, 0.1) is 0 Å². The van der Waals surface area contributed by atoms with Crippen LogP contribution in [0.15, 0.2) is 30.3 Å². The van der Waals surface area contributed by atoms with Crippen LogP contribution in [-0.4, -0.2) is 11.2 Å². The van der Waals surface area contributed by atoms with E-state index in [9.17, 15) is 10.3 Å². The molecule has 1 heterocycles. The topological polar surface area (TPSA) is 46.5 Å². The first kappa shape index (κ1) is 13.9. The zero-order valence-corrected chi connectivity index (χ0v) is 11.5. The first-order valence-electron chi connectivity index (χ1n) is 7.20. The molecule has 19 heavy (non-hydrogen) atoms. The summed E-state index contributed by atoms with van der Waals surface area (Å²) in [7, 11) is 0. The Hall–Kier alpha value is -1.48. The van der Waals surface area contributed by atoms with Crippen molar-refractivity contribution in [3.63, 3.8) is 0 Å². The van der Waals surface area contributed by atoms with E-state index < -0.39 is 0 Å². The molecule has 0 bridgehead atoms. The number of hydrogen-bond acceptors (Lipinski definition) is 3. The maximum absolute atomic E-state index is 12.0. The summed E-state index contributed by atoms with van der Waals surface area (Å²) in [6, 6.07) is 7.05. The summed E-state index contributed by atoms with van der Waals surface area (Å²) in [5.74, 6) is 0.0273. The van der Waals surface area contributed by atoms with Crippen molar-refractivity contribution in [3.05, 3.63) is 35.9 Å². The molecule has 0 aromatic heterocycles. The summed E-state index contributed by atoms with van der Waals surface area (Å²) < 4.78 is 0. The Bertz CT molecular complexity index is 442. The van der Waals surface area contributed by atoms with Gasteiger partial charge in [0.15, 0.2) is 0 Å². The first-order chi connectivity index (χ1) is 9.24. The highest BCUT2D eigenvalue weighted by Gasteiger charge is 2.21. The molecule has 0 amide bonds. The third kappa shape index (κ3) is 3.29. The van der Waals surface area contributed by atoms with E-state index in [1.54, 1.807) is 18.2 Å². The van der Waals surface area contributed by atoms with Crippen LogP contribution in [0.3, 0.4) is 0 Å². The summed E-state index contributed by atoms with van der Waals surface area (Å²) in [6.07, 6.45) is 8.42. The summed E-state index contributed by atoms with van der Waals surface area (Å²) in [5.41, 5.74) is 1.22. The second-order valence-electron chi connectivity index (χ2n) is 5.16. The molecule has 3 heteroatoms. The monoisotopic (exact) mass is 260 g/mol. The third-order valence-electron chi connectivity index (χ3n) is 3.68. The van der Waals surface area contributed by atoms with Crippen molar-refractivity contribution in [1.82, 2.24) is 0 Å². The number of benzene rings is 1. The summed E-state index contributed by atoms with van der Waals surface area (Å²) in [5, 5.41) is 23.4. The van der Waals surface area contributed by atoms with Crippen LogP contribution in [0.5, 0.6) is 0 Å². The van der Waals surface area contributed by atoms with Gasteiger partial charge < -0.3 is 5.11 Å². The van der Waals surface area contributed by atoms with Gasteiger partial charge in [-0.15, -0.1) is 5.76 Å². The van der Waals surface area contributed by atoms with Gasteiger partial charge in [0.05, 0.1) is 11.7 Å². The van der Waals surface area contributed by atoms with Gasteiger partial charge >= 0.3 is 0 Å². The second kappa shape index (κ2) is 6.62. The van der Waals surface area contributed by atoms with Crippen LogP contribution in [0.1, 0.15) is 51.0 Å². The lowest BCUT2D eigenvalue weighted by Gasteiger charge is -2.34. The van der Waals surface area contributed by atoms with E-state index in [1.165, 1.54) is 30.7 Å². The van der Waals surface area contributed by atoms with E-state index in [0.717, 1.165) is 12.8 Å². The maximum atomic E-state index is 12.0. The number of hydroxylamine groups is 1. The molecule has 104 valence electrons. The van der Waals surface area contributed by atoms with E-state index in [1.807, 2.05) is 12.1 Å². The number of fused-ring (bicyclic) bond motifs is 1. The molecule has 0 radical (unpaired) electrons. The Morgan fingerprint density at radius 3 is 2.68 bits per heavy atom. The lowest BCUT2D eigenvalue weighted by atomic mass is 9.99. The van der Waals surface area contributed by atoms with Crippen molar-refractivity contribution < 1.29 is 10.3 Å².